The lowest BCUT2D eigenvalue weighted by atomic mass is 10.0. The second-order valence-electron chi connectivity index (χ2n) is 4.34. The number of benzene rings is 1. The van der Waals surface area contributed by atoms with Gasteiger partial charge < -0.3 is 20.5 Å². The minimum absolute atomic E-state index is 0.0129. The Morgan fingerprint density at radius 3 is 2.47 bits per heavy atom. The monoisotopic (exact) mass is 265 g/mol. The Morgan fingerprint density at radius 1 is 1.37 bits per heavy atom. The lowest BCUT2D eigenvalue weighted by Gasteiger charge is -2.16. The van der Waals surface area contributed by atoms with Crippen LogP contribution >= 0.6 is 0 Å². The Bertz CT molecular complexity index is 445. The second kappa shape index (κ2) is 6.99. The number of hydrogen-bond acceptors (Lipinski definition) is 4. The molecule has 1 radical (unpaired) electrons. The lowest BCUT2D eigenvalue weighted by Crippen LogP contribution is -2.18. The summed E-state index contributed by atoms with van der Waals surface area (Å²) in [7, 11) is 3.14. The molecule has 3 N–H and O–H groups in total. The Labute approximate surface area is 114 Å². The van der Waals surface area contributed by atoms with Crippen molar-refractivity contribution in [2.75, 3.05) is 19.5 Å². The predicted octanol–water partition coefficient (Wildman–Crippen LogP) is 1.76. The number of nitrogens with one attached hydrogen (secondary N) is 1. The number of carbonyl (C=O) groups is 1. The van der Waals surface area contributed by atoms with Crippen LogP contribution in [-0.4, -0.2) is 26.2 Å². The van der Waals surface area contributed by atoms with Gasteiger partial charge in [0.05, 0.1) is 19.9 Å². The van der Waals surface area contributed by atoms with Gasteiger partial charge >= 0.3 is 0 Å². The molecule has 0 fully saturated rings. The summed E-state index contributed by atoms with van der Waals surface area (Å²) in [5, 5.41) is 2.73. The number of nitrogens with two attached hydrogens (primary N) is 1. The number of anilines is 1. The Morgan fingerprint density at radius 2 is 2.00 bits per heavy atom. The van der Waals surface area contributed by atoms with Gasteiger partial charge in [0, 0.05) is 18.5 Å². The lowest BCUT2D eigenvalue weighted by molar-refractivity contribution is -0.115. The van der Waals surface area contributed by atoms with Crippen molar-refractivity contribution in [1.82, 2.24) is 0 Å². The van der Waals surface area contributed by atoms with Crippen LogP contribution in [0.3, 0.4) is 0 Å². The highest BCUT2D eigenvalue weighted by molar-refractivity contribution is 5.93. The van der Waals surface area contributed by atoms with Crippen molar-refractivity contribution in [1.29, 1.82) is 0 Å². The number of ether oxygens (including phenoxy) is 2. The highest BCUT2D eigenvalue weighted by Crippen LogP contribution is 2.33. The molecule has 0 saturated heterocycles. The highest BCUT2D eigenvalue weighted by Gasteiger charge is 2.13. The van der Waals surface area contributed by atoms with E-state index < -0.39 is 0 Å². The molecule has 0 aromatic heterocycles. The summed E-state index contributed by atoms with van der Waals surface area (Å²) < 4.78 is 10.6. The number of amides is 1. The summed E-state index contributed by atoms with van der Waals surface area (Å²) >= 11 is 0. The van der Waals surface area contributed by atoms with Crippen molar-refractivity contribution >= 4 is 11.6 Å². The molecule has 1 amide bonds. The molecule has 105 valence electrons. The van der Waals surface area contributed by atoms with Crippen LogP contribution in [0.5, 0.6) is 11.5 Å². The zero-order valence-electron chi connectivity index (χ0n) is 11.7. The van der Waals surface area contributed by atoms with Crippen LogP contribution in [-0.2, 0) is 11.2 Å². The fourth-order valence-corrected chi connectivity index (χ4v) is 1.78. The summed E-state index contributed by atoms with van der Waals surface area (Å²) in [6.07, 6.45) is 0.830. The number of hydrogen-bond donors (Lipinski definition) is 2. The van der Waals surface area contributed by atoms with Gasteiger partial charge in [0.1, 0.15) is 11.5 Å². The minimum Gasteiger partial charge on any atom is -0.496 e. The van der Waals surface area contributed by atoms with E-state index in [1.54, 1.807) is 20.3 Å². The normalized spacial score (nSPS) is 11.8. The zero-order valence-corrected chi connectivity index (χ0v) is 11.7. The SMILES string of the molecule is [CH2]CC(=O)Nc1cc(OC)c(C[C@H](C)N)cc1OC. The molecule has 5 nitrogen and oxygen atoms in total. The topological polar surface area (TPSA) is 73.6 Å². The van der Waals surface area contributed by atoms with Crippen LogP contribution in [0.1, 0.15) is 18.9 Å². The third-order valence-corrected chi connectivity index (χ3v) is 2.65. The minimum atomic E-state index is -0.180. The summed E-state index contributed by atoms with van der Waals surface area (Å²) in [6.45, 7) is 5.46. The van der Waals surface area contributed by atoms with E-state index in [1.807, 2.05) is 13.0 Å². The maximum atomic E-state index is 11.4. The predicted molar refractivity (Wildman–Crippen MR) is 75.5 cm³/mol. The number of rotatable bonds is 6. The number of carbonyl (C=O) groups excluding carboxylic acids is 1. The number of methoxy groups -OCH3 is 2. The Kier molecular flexibility index (Phi) is 5.63. The first-order chi connectivity index (χ1) is 9.01. The van der Waals surface area contributed by atoms with Gasteiger partial charge in [-0.05, 0) is 31.9 Å². The van der Waals surface area contributed by atoms with Gasteiger partial charge in [-0.3, -0.25) is 4.79 Å². The molecular formula is C14H21N2O3. The zero-order chi connectivity index (χ0) is 14.4. The maximum Gasteiger partial charge on any atom is 0.224 e. The summed E-state index contributed by atoms with van der Waals surface area (Å²) in [4.78, 5) is 11.4. The molecule has 0 aliphatic carbocycles. The molecule has 0 aliphatic rings. The van der Waals surface area contributed by atoms with E-state index in [-0.39, 0.29) is 18.4 Å². The van der Waals surface area contributed by atoms with E-state index in [4.69, 9.17) is 15.2 Å². The average molecular weight is 265 g/mol. The van der Waals surface area contributed by atoms with E-state index in [2.05, 4.69) is 12.2 Å². The summed E-state index contributed by atoms with van der Waals surface area (Å²) in [5.74, 6) is 1.08. The molecule has 0 bridgehead atoms. The first kappa shape index (κ1) is 15.3. The van der Waals surface area contributed by atoms with Gasteiger partial charge in [-0.15, -0.1) is 0 Å². The van der Waals surface area contributed by atoms with E-state index in [0.29, 0.717) is 23.6 Å². The van der Waals surface area contributed by atoms with Gasteiger partial charge in [0.2, 0.25) is 5.91 Å². The van der Waals surface area contributed by atoms with Crippen molar-refractivity contribution < 1.29 is 14.3 Å². The van der Waals surface area contributed by atoms with Crippen molar-refractivity contribution in [3.8, 4) is 11.5 Å². The molecule has 1 aromatic rings. The molecule has 1 aromatic carbocycles. The van der Waals surface area contributed by atoms with E-state index in [0.717, 1.165) is 5.56 Å². The van der Waals surface area contributed by atoms with Crippen molar-refractivity contribution in [3.63, 3.8) is 0 Å². The quantitative estimate of drug-likeness (QED) is 0.822. The molecule has 19 heavy (non-hydrogen) atoms. The fourth-order valence-electron chi connectivity index (χ4n) is 1.78. The molecule has 5 heteroatoms. The molecule has 0 heterocycles. The molecule has 0 unspecified atom stereocenters. The molecule has 0 saturated carbocycles. The second-order valence-corrected chi connectivity index (χ2v) is 4.34. The van der Waals surface area contributed by atoms with E-state index >= 15 is 0 Å². The van der Waals surface area contributed by atoms with E-state index in [1.165, 1.54) is 0 Å². The van der Waals surface area contributed by atoms with Gasteiger partial charge in [0.15, 0.2) is 0 Å². The maximum absolute atomic E-state index is 11.4. The third-order valence-electron chi connectivity index (χ3n) is 2.65. The van der Waals surface area contributed by atoms with Crippen molar-refractivity contribution in [2.45, 2.75) is 25.8 Å². The molecule has 0 aliphatic heterocycles. The van der Waals surface area contributed by atoms with Crippen molar-refractivity contribution in [3.05, 3.63) is 24.6 Å². The fraction of sp³-hybridized carbons (Fsp3) is 0.429. The Hall–Kier alpha value is -1.75. The van der Waals surface area contributed by atoms with Crippen LogP contribution < -0.4 is 20.5 Å². The van der Waals surface area contributed by atoms with Crippen LogP contribution in [0.4, 0.5) is 5.69 Å². The van der Waals surface area contributed by atoms with Gasteiger partial charge in [-0.2, -0.15) is 0 Å². The van der Waals surface area contributed by atoms with Crippen LogP contribution in [0.2, 0.25) is 0 Å². The highest BCUT2D eigenvalue weighted by atomic mass is 16.5. The Balaban J connectivity index is 3.15. The molecule has 1 rings (SSSR count). The largest absolute Gasteiger partial charge is 0.496 e. The van der Waals surface area contributed by atoms with Crippen molar-refractivity contribution in [2.24, 2.45) is 5.73 Å². The van der Waals surface area contributed by atoms with Gasteiger partial charge in [-0.1, -0.05) is 0 Å². The molecule has 0 spiro atoms. The summed E-state index contributed by atoms with van der Waals surface area (Å²) in [6, 6.07) is 3.59. The average Bonchev–Trinajstić information content (AvgIpc) is 2.38. The van der Waals surface area contributed by atoms with Crippen LogP contribution in [0, 0.1) is 6.92 Å². The smallest absolute Gasteiger partial charge is 0.224 e. The summed E-state index contributed by atoms with van der Waals surface area (Å²) in [5.41, 5.74) is 7.32. The first-order valence-electron chi connectivity index (χ1n) is 6.11. The standard InChI is InChI=1S/C14H21N2O3/c1-5-14(17)16-11-8-12(18-3)10(6-9(2)15)7-13(11)19-4/h7-9H,1,5-6,15H2,2-4H3,(H,16,17)/t9-/m0/s1. The van der Waals surface area contributed by atoms with Crippen LogP contribution in [0.15, 0.2) is 12.1 Å². The van der Waals surface area contributed by atoms with Crippen LogP contribution in [0.25, 0.3) is 0 Å². The van der Waals surface area contributed by atoms with E-state index in [9.17, 15) is 4.79 Å². The van der Waals surface area contributed by atoms with Gasteiger partial charge in [0.25, 0.3) is 0 Å². The first-order valence-corrected chi connectivity index (χ1v) is 6.11. The third kappa shape index (κ3) is 4.13. The van der Waals surface area contributed by atoms with Gasteiger partial charge in [-0.25, -0.2) is 0 Å². The molecule has 1 atom stereocenters. The molecular weight excluding hydrogens is 244 g/mol.